The van der Waals surface area contributed by atoms with Crippen LogP contribution in [0.15, 0.2) is 36.4 Å². The Morgan fingerprint density at radius 2 is 0.919 bits per heavy atom. The lowest BCUT2D eigenvalue weighted by Crippen LogP contribution is -2.28. The molecule has 0 fully saturated rings. The van der Waals surface area contributed by atoms with E-state index in [9.17, 15) is 66.8 Å². The number of nitrogens with zero attached hydrogens (tertiary/aromatic N) is 4. The fraction of sp³-hybridized carbons (Fsp3) is 0.250. The normalized spacial score (nSPS) is 13.6. The zero-order valence-electron chi connectivity index (χ0n) is 17.2. The van der Waals surface area contributed by atoms with Gasteiger partial charge < -0.3 is 0 Å². The molecule has 37 heavy (non-hydrogen) atoms. The number of non-ortho nitro benzene ring substituents is 2. The number of hydrogen-bond acceptors (Lipinski definition) is 11. The van der Waals surface area contributed by atoms with Crippen LogP contribution >= 0.6 is 0 Å². The third-order valence-corrected chi connectivity index (χ3v) is 4.27. The van der Waals surface area contributed by atoms with Crippen molar-refractivity contribution in [2.24, 2.45) is 0 Å². The molecule has 2 aromatic carbocycles. The van der Waals surface area contributed by atoms with E-state index in [1.54, 1.807) is 0 Å². The van der Waals surface area contributed by atoms with Crippen molar-refractivity contribution in [3.63, 3.8) is 0 Å². The van der Waals surface area contributed by atoms with Crippen LogP contribution in [-0.2, 0) is 14.8 Å². The van der Waals surface area contributed by atoms with Crippen LogP contribution in [0.4, 0.5) is 49.1 Å². The molecule has 0 spiro atoms. The van der Waals surface area contributed by atoms with Gasteiger partial charge in [0.1, 0.15) is 0 Å². The second-order valence-corrected chi connectivity index (χ2v) is 6.62. The standard InChI is InChI=1S/C16H8F6N4O11/c17-15(18,19)13(9-3-1-7(23(27)28)5-11(9)25(31)32)35-37-36-14(16(20,21)22)10-4-2-8(24(29)30)6-12(10)26(33)34/h1-6,13-14H. The highest BCUT2D eigenvalue weighted by atomic mass is 19.4. The Hall–Kier alpha value is -4.50. The molecule has 0 radical (unpaired) electrons. The maximum Gasteiger partial charge on any atom is 0.422 e. The molecular formula is C16H8F6N4O11. The topological polar surface area (TPSA) is 200 Å². The molecule has 0 aromatic heterocycles. The van der Waals surface area contributed by atoms with Gasteiger partial charge in [0.05, 0.1) is 43.0 Å². The Bertz CT molecular complexity index is 1140. The molecule has 0 N–H and O–H groups in total. The van der Waals surface area contributed by atoms with Crippen LogP contribution < -0.4 is 0 Å². The molecule has 2 atom stereocenters. The first kappa shape index (κ1) is 28.7. The number of nitro groups is 4. The third kappa shape index (κ3) is 6.80. The Kier molecular flexibility index (Phi) is 8.26. The molecule has 200 valence electrons. The van der Waals surface area contributed by atoms with E-state index in [0.29, 0.717) is 12.1 Å². The fourth-order valence-electron chi connectivity index (χ4n) is 2.72. The lowest BCUT2D eigenvalue weighted by molar-refractivity contribution is -0.572. The number of rotatable bonds is 10. The SMILES string of the molecule is O=[N+]([O-])c1ccc(C(OOOC(c2ccc([N+](=O)[O-])cc2[N+](=O)[O-])C(F)(F)F)C(F)(F)F)c([N+](=O)[O-])c1. The molecular weight excluding hydrogens is 538 g/mol. The minimum Gasteiger partial charge on any atom is -0.258 e. The fourth-order valence-corrected chi connectivity index (χ4v) is 2.72. The van der Waals surface area contributed by atoms with Crippen LogP contribution in [0.25, 0.3) is 0 Å². The predicted molar refractivity (Wildman–Crippen MR) is 100 cm³/mol. The van der Waals surface area contributed by atoms with E-state index in [1.165, 1.54) is 0 Å². The van der Waals surface area contributed by atoms with Gasteiger partial charge >= 0.3 is 12.4 Å². The minimum atomic E-state index is -5.63. The average Bonchev–Trinajstić information content (AvgIpc) is 2.76. The lowest BCUT2D eigenvalue weighted by Gasteiger charge is -2.22. The van der Waals surface area contributed by atoms with Crippen molar-refractivity contribution in [3.05, 3.63) is 88.0 Å². The Labute approximate surface area is 197 Å². The van der Waals surface area contributed by atoms with Crippen LogP contribution in [0.2, 0.25) is 0 Å². The van der Waals surface area contributed by atoms with Crippen molar-refractivity contribution in [1.29, 1.82) is 0 Å². The summed E-state index contributed by atoms with van der Waals surface area (Å²) >= 11 is 0. The summed E-state index contributed by atoms with van der Waals surface area (Å²) in [5, 5.41) is 47.4. The summed E-state index contributed by atoms with van der Waals surface area (Å²) in [6, 6.07) is 1.53. The maximum atomic E-state index is 13.5. The monoisotopic (exact) mass is 546 g/mol. The Morgan fingerprint density at radius 3 is 1.16 bits per heavy atom. The molecule has 0 bridgehead atoms. The van der Waals surface area contributed by atoms with Gasteiger partial charge in [0, 0.05) is 12.1 Å². The van der Waals surface area contributed by atoms with E-state index in [-0.39, 0.29) is 24.3 Å². The highest BCUT2D eigenvalue weighted by Crippen LogP contribution is 2.44. The summed E-state index contributed by atoms with van der Waals surface area (Å²) in [6.07, 6.45) is -18.3. The van der Waals surface area contributed by atoms with E-state index in [4.69, 9.17) is 0 Å². The highest BCUT2D eigenvalue weighted by molar-refractivity contribution is 5.51. The van der Waals surface area contributed by atoms with Gasteiger partial charge in [-0.3, -0.25) is 40.5 Å². The smallest absolute Gasteiger partial charge is 0.258 e. The Morgan fingerprint density at radius 1 is 0.595 bits per heavy atom. The van der Waals surface area contributed by atoms with Gasteiger partial charge in [0.15, 0.2) is 0 Å². The number of halogens is 6. The Balaban J connectivity index is 2.44. The third-order valence-electron chi connectivity index (χ3n) is 4.27. The predicted octanol–water partition coefficient (Wildman–Crippen LogP) is 5.11. The van der Waals surface area contributed by atoms with E-state index >= 15 is 0 Å². The summed E-state index contributed by atoms with van der Waals surface area (Å²) in [6.45, 7) is 0. The van der Waals surface area contributed by atoms with Crippen molar-refractivity contribution in [2.75, 3.05) is 0 Å². The summed E-state index contributed by atoms with van der Waals surface area (Å²) in [5.74, 6) is 0. The van der Waals surface area contributed by atoms with E-state index < -0.39 is 78.1 Å². The van der Waals surface area contributed by atoms with E-state index in [2.05, 4.69) is 14.8 Å². The van der Waals surface area contributed by atoms with Gasteiger partial charge in [0.2, 0.25) is 12.2 Å². The molecule has 0 amide bonds. The summed E-state index contributed by atoms with van der Waals surface area (Å²) in [7, 11) is 0. The van der Waals surface area contributed by atoms with Crippen molar-refractivity contribution < 1.29 is 60.8 Å². The van der Waals surface area contributed by atoms with Gasteiger partial charge in [-0.2, -0.15) is 36.1 Å². The molecule has 0 heterocycles. The second kappa shape index (κ2) is 10.6. The quantitative estimate of drug-likeness (QED) is 0.166. The first-order valence-electron chi connectivity index (χ1n) is 8.92. The number of benzene rings is 2. The first-order valence-corrected chi connectivity index (χ1v) is 8.92. The summed E-state index contributed by atoms with van der Waals surface area (Å²) in [5.41, 5.74) is -7.91. The lowest BCUT2D eigenvalue weighted by atomic mass is 10.1. The number of alkyl halides is 6. The second-order valence-electron chi connectivity index (χ2n) is 6.62. The minimum absolute atomic E-state index is 0.122. The number of nitro benzene ring substituents is 4. The maximum absolute atomic E-state index is 13.5. The number of hydrogen-bond donors (Lipinski definition) is 0. The molecule has 0 aliphatic heterocycles. The molecule has 21 heteroatoms. The molecule has 15 nitrogen and oxygen atoms in total. The van der Waals surface area contributed by atoms with Gasteiger partial charge in [-0.05, 0) is 12.1 Å². The molecule has 2 rings (SSSR count). The molecule has 2 aromatic rings. The zero-order valence-corrected chi connectivity index (χ0v) is 17.2. The summed E-state index contributed by atoms with van der Waals surface area (Å²) < 4.78 is 80.9. The van der Waals surface area contributed by atoms with Gasteiger partial charge in [-0.15, -0.1) is 0 Å². The molecule has 0 saturated carbocycles. The van der Waals surface area contributed by atoms with Crippen LogP contribution in [0.5, 0.6) is 0 Å². The van der Waals surface area contributed by atoms with Crippen LogP contribution in [0.1, 0.15) is 23.3 Å². The molecule has 0 aliphatic carbocycles. The first-order chi connectivity index (χ1) is 16.9. The summed E-state index contributed by atoms with van der Waals surface area (Å²) in [4.78, 5) is 46.1. The van der Waals surface area contributed by atoms with Crippen LogP contribution in [0.3, 0.4) is 0 Å². The molecule has 0 aliphatic rings. The van der Waals surface area contributed by atoms with Gasteiger partial charge in [-0.1, -0.05) is 5.04 Å². The van der Waals surface area contributed by atoms with Crippen molar-refractivity contribution >= 4 is 22.7 Å². The van der Waals surface area contributed by atoms with Crippen LogP contribution in [-0.4, -0.2) is 32.0 Å². The van der Waals surface area contributed by atoms with E-state index in [1.807, 2.05) is 0 Å². The van der Waals surface area contributed by atoms with Crippen molar-refractivity contribution in [3.8, 4) is 0 Å². The molecule has 0 saturated heterocycles. The van der Waals surface area contributed by atoms with Crippen molar-refractivity contribution in [1.82, 2.24) is 0 Å². The zero-order chi connectivity index (χ0) is 28.3. The largest absolute Gasteiger partial charge is 0.422 e. The van der Waals surface area contributed by atoms with Gasteiger partial charge in [-0.25, -0.2) is 0 Å². The van der Waals surface area contributed by atoms with E-state index in [0.717, 1.165) is 0 Å². The van der Waals surface area contributed by atoms with Crippen LogP contribution in [0, 0.1) is 40.5 Å². The highest BCUT2D eigenvalue weighted by Gasteiger charge is 2.50. The average molecular weight is 546 g/mol. The molecule has 2 unspecified atom stereocenters. The van der Waals surface area contributed by atoms with Crippen molar-refractivity contribution in [2.45, 2.75) is 24.6 Å². The van der Waals surface area contributed by atoms with Gasteiger partial charge in [0.25, 0.3) is 22.7 Å².